The van der Waals surface area contributed by atoms with Gasteiger partial charge in [0.15, 0.2) is 0 Å². The fourth-order valence-electron chi connectivity index (χ4n) is 3.73. The molecule has 2 aromatic carbocycles. The average Bonchev–Trinajstić information content (AvgIpc) is 2.55. The smallest absolute Gasteiger partial charge is 0.224 e. The Balaban J connectivity index is 1.80. The van der Waals surface area contributed by atoms with Gasteiger partial charge in [0.1, 0.15) is 5.82 Å². The molecule has 1 amide bonds. The Morgan fingerprint density at radius 2 is 1.78 bits per heavy atom. The Bertz CT molecular complexity index is 844. The summed E-state index contributed by atoms with van der Waals surface area (Å²) < 4.78 is 13.6. The molecule has 1 N–H and O–H groups in total. The van der Waals surface area contributed by atoms with Gasteiger partial charge in [-0.05, 0) is 72.2 Å². The maximum Gasteiger partial charge on any atom is 0.224 e. The quantitative estimate of drug-likeness (QED) is 0.789. The molecule has 0 spiro atoms. The molecule has 3 rings (SSSR count). The van der Waals surface area contributed by atoms with E-state index in [1.54, 1.807) is 6.07 Å². The molecular weight excluding hydrogens is 339 g/mol. The third kappa shape index (κ3) is 4.68. The standard InChI is InChI=1S/C23H29FN2O/c1-15-10-20(11-16(2)22(15)25-21(27)13-23(3,4)5)26-9-8-17-6-7-19(24)12-18(17)14-26/h6-7,10-12H,8-9,13-14H2,1-5H3,(H,25,27). The highest BCUT2D eigenvalue weighted by Gasteiger charge is 2.20. The fraction of sp³-hybridized carbons (Fsp3) is 0.435. The number of hydrogen-bond acceptors (Lipinski definition) is 2. The molecule has 0 aromatic heterocycles. The molecule has 1 aliphatic rings. The fourth-order valence-corrected chi connectivity index (χ4v) is 3.73. The monoisotopic (exact) mass is 368 g/mol. The van der Waals surface area contributed by atoms with Crippen molar-refractivity contribution in [3.05, 3.63) is 58.4 Å². The number of aryl methyl sites for hydroxylation is 2. The minimum absolute atomic E-state index is 0.0394. The van der Waals surface area contributed by atoms with Crippen LogP contribution in [0.25, 0.3) is 0 Å². The van der Waals surface area contributed by atoms with Crippen LogP contribution in [0, 0.1) is 25.1 Å². The minimum atomic E-state index is -0.181. The maximum absolute atomic E-state index is 13.6. The summed E-state index contributed by atoms with van der Waals surface area (Å²) in [5, 5.41) is 3.08. The van der Waals surface area contributed by atoms with Crippen molar-refractivity contribution in [1.29, 1.82) is 0 Å². The van der Waals surface area contributed by atoms with Crippen molar-refractivity contribution < 1.29 is 9.18 Å². The Labute approximate surface area is 161 Å². The maximum atomic E-state index is 13.6. The Kier molecular flexibility index (Phi) is 5.27. The number of rotatable bonds is 3. The van der Waals surface area contributed by atoms with Crippen molar-refractivity contribution >= 4 is 17.3 Å². The molecule has 2 aromatic rings. The van der Waals surface area contributed by atoms with Gasteiger partial charge in [0.05, 0.1) is 0 Å². The van der Waals surface area contributed by atoms with Crippen molar-refractivity contribution in [2.24, 2.45) is 5.41 Å². The molecule has 0 fully saturated rings. The van der Waals surface area contributed by atoms with Gasteiger partial charge < -0.3 is 10.2 Å². The molecule has 0 saturated carbocycles. The van der Waals surface area contributed by atoms with E-state index < -0.39 is 0 Å². The van der Waals surface area contributed by atoms with Crippen LogP contribution in [0.1, 0.15) is 49.4 Å². The molecule has 0 unspecified atom stereocenters. The largest absolute Gasteiger partial charge is 0.367 e. The van der Waals surface area contributed by atoms with E-state index in [0.29, 0.717) is 13.0 Å². The summed E-state index contributed by atoms with van der Waals surface area (Å²) in [6.07, 6.45) is 1.40. The second kappa shape index (κ2) is 7.34. The number of halogens is 1. The molecule has 1 heterocycles. The van der Waals surface area contributed by atoms with Crippen LogP contribution in [-0.2, 0) is 17.8 Å². The minimum Gasteiger partial charge on any atom is -0.367 e. The highest BCUT2D eigenvalue weighted by molar-refractivity contribution is 5.93. The van der Waals surface area contributed by atoms with E-state index in [1.165, 1.54) is 11.6 Å². The normalized spacial score (nSPS) is 14.1. The molecular formula is C23H29FN2O. The van der Waals surface area contributed by atoms with E-state index in [0.717, 1.165) is 41.0 Å². The van der Waals surface area contributed by atoms with Crippen LogP contribution < -0.4 is 10.2 Å². The SMILES string of the molecule is Cc1cc(N2CCc3ccc(F)cc3C2)cc(C)c1NC(=O)CC(C)(C)C. The van der Waals surface area contributed by atoms with Crippen LogP contribution in [0.5, 0.6) is 0 Å². The first-order valence-corrected chi connectivity index (χ1v) is 9.56. The van der Waals surface area contributed by atoms with Crippen molar-refractivity contribution in [2.45, 2.75) is 54.0 Å². The predicted molar refractivity (Wildman–Crippen MR) is 110 cm³/mol. The summed E-state index contributed by atoms with van der Waals surface area (Å²) in [7, 11) is 0. The van der Waals surface area contributed by atoms with Crippen LogP contribution >= 0.6 is 0 Å². The summed E-state index contributed by atoms with van der Waals surface area (Å²) >= 11 is 0. The molecule has 4 heteroatoms. The summed E-state index contributed by atoms with van der Waals surface area (Å²) in [6, 6.07) is 9.31. The molecule has 144 valence electrons. The van der Waals surface area contributed by atoms with Crippen molar-refractivity contribution in [3.63, 3.8) is 0 Å². The predicted octanol–water partition coefficient (Wildman–Crippen LogP) is 5.38. The van der Waals surface area contributed by atoms with Gasteiger partial charge in [-0.1, -0.05) is 26.8 Å². The number of benzene rings is 2. The van der Waals surface area contributed by atoms with Crippen LogP contribution in [0.2, 0.25) is 0 Å². The van der Waals surface area contributed by atoms with Gasteiger partial charge in [-0.25, -0.2) is 4.39 Å². The van der Waals surface area contributed by atoms with Crippen LogP contribution in [0.3, 0.4) is 0 Å². The lowest BCUT2D eigenvalue weighted by atomic mass is 9.92. The number of fused-ring (bicyclic) bond motifs is 1. The zero-order valence-electron chi connectivity index (χ0n) is 16.9. The van der Waals surface area contributed by atoms with Gasteiger partial charge in [-0.3, -0.25) is 4.79 Å². The van der Waals surface area contributed by atoms with Crippen molar-refractivity contribution in [1.82, 2.24) is 0 Å². The van der Waals surface area contributed by atoms with Gasteiger partial charge in [0.2, 0.25) is 5.91 Å². The molecule has 1 aliphatic heterocycles. The first-order valence-electron chi connectivity index (χ1n) is 9.56. The first-order chi connectivity index (χ1) is 12.6. The van der Waals surface area contributed by atoms with E-state index in [-0.39, 0.29) is 17.1 Å². The number of hydrogen-bond donors (Lipinski definition) is 1. The zero-order valence-corrected chi connectivity index (χ0v) is 16.9. The van der Waals surface area contributed by atoms with Crippen molar-refractivity contribution in [3.8, 4) is 0 Å². The van der Waals surface area contributed by atoms with E-state index >= 15 is 0 Å². The molecule has 0 radical (unpaired) electrons. The number of nitrogens with one attached hydrogen (secondary N) is 1. The highest BCUT2D eigenvalue weighted by Crippen LogP contribution is 2.31. The van der Waals surface area contributed by atoms with Crippen LogP contribution in [-0.4, -0.2) is 12.5 Å². The van der Waals surface area contributed by atoms with E-state index in [4.69, 9.17) is 0 Å². The lowest BCUT2D eigenvalue weighted by Crippen LogP contribution is -2.30. The summed E-state index contributed by atoms with van der Waals surface area (Å²) in [6.45, 7) is 11.9. The third-order valence-electron chi connectivity index (χ3n) is 5.02. The number of anilines is 2. The Morgan fingerprint density at radius 1 is 1.11 bits per heavy atom. The number of carbonyl (C=O) groups excluding carboxylic acids is 1. The van der Waals surface area contributed by atoms with Gasteiger partial charge in [0, 0.05) is 30.9 Å². The van der Waals surface area contributed by atoms with Crippen LogP contribution in [0.15, 0.2) is 30.3 Å². The lowest BCUT2D eigenvalue weighted by molar-refractivity contribution is -0.117. The molecule has 3 nitrogen and oxygen atoms in total. The van der Waals surface area contributed by atoms with E-state index in [2.05, 4.69) is 43.1 Å². The second-order valence-electron chi connectivity index (χ2n) is 8.82. The van der Waals surface area contributed by atoms with Gasteiger partial charge in [-0.2, -0.15) is 0 Å². The summed E-state index contributed by atoms with van der Waals surface area (Å²) in [5.74, 6) is -0.135. The van der Waals surface area contributed by atoms with Crippen molar-refractivity contribution in [2.75, 3.05) is 16.8 Å². The van der Waals surface area contributed by atoms with Gasteiger partial charge >= 0.3 is 0 Å². The van der Waals surface area contributed by atoms with Crippen LogP contribution in [0.4, 0.5) is 15.8 Å². The molecule has 0 atom stereocenters. The molecule has 0 aliphatic carbocycles. The molecule has 27 heavy (non-hydrogen) atoms. The highest BCUT2D eigenvalue weighted by atomic mass is 19.1. The Hall–Kier alpha value is -2.36. The molecule has 0 bridgehead atoms. The number of amides is 1. The lowest BCUT2D eigenvalue weighted by Gasteiger charge is -2.31. The van der Waals surface area contributed by atoms with Gasteiger partial charge in [-0.15, -0.1) is 0 Å². The summed E-state index contributed by atoms with van der Waals surface area (Å²) in [4.78, 5) is 14.6. The Morgan fingerprint density at radius 3 is 2.41 bits per heavy atom. The number of carbonyl (C=O) groups is 1. The third-order valence-corrected chi connectivity index (χ3v) is 5.02. The topological polar surface area (TPSA) is 32.3 Å². The first kappa shape index (κ1) is 19.4. The van der Waals surface area contributed by atoms with E-state index in [9.17, 15) is 9.18 Å². The van der Waals surface area contributed by atoms with Gasteiger partial charge in [0.25, 0.3) is 0 Å². The second-order valence-corrected chi connectivity index (χ2v) is 8.82. The average molecular weight is 368 g/mol. The molecule has 0 saturated heterocycles. The summed E-state index contributed by atoms with van der Waals surface area (Å²) in [5.41, 5.74) is 6.37. The van der Waals surface area contributed by atoms with E-state index in [1.807, 2.05) is 19.9 Å². The zero-order chi connectivity index (χ0) is 19.8. The number of nitrogens with zero attached hydrogens (tertiary/aromatic N) is 1.